The van der Waals surface area contributed by atoms with Gasteiger partial charge in [-0.15, -0.1) is 0 Å². The third-order valence-corrected chi connectivity index (χ3v) is 5.56. The number of carbonyl (C=O) groups excluding carboxylic acids is 1. The fourth-order valence-corrected chi connectivity index (χ4v) is 3.59. The Morgan fingerprint density at radius 3 is 2.70 bits per heavy atom. The van der Waals surface area contributed by atoms with Crippen LogP contribution in [0.3, 0.4) is 0 Å². The minimum atomic E-state index is -4.45. The van der Waals surface area contributed by atoms with E-state index < -0.39 is 11.7 Å². The van der Waals surface area contributed by atoms with E-state index in [0.29, 0.717) is 30.0 Å². The summed E-state index contributed by atoms with van der Waals surface area (Å²) in [6.07, 6.45) is -1.30. The van der Waals surface area contributed by atoms with Crippen molar-refractivity contribution in [3.8, 4) is 5.75 Å². The number of amides is 1. The number of nitrogens with one attached hydrogen (secondary N) is 2. The number of fused-ring (bicyclic) bond motifs is 1. The monoisotopic (exact) mass is 421 g/mol. The smallest absolute Gasteiger partial charge is 0.418 e. The second-order valence-electron chi connectivity index (χ2n) is 7.72. The Hall–Kier alpha value is -3.04. The van der Waals surface area contributed by atoms with Crippen LogP contribution in [0.4, 0.5) is 30.4 Å². The molecule has 3 heterocycles. The van der Waals surface area contributed by atoms with Crippen LogP contribution in [0.15, 0.2) is 24.5 Å². The van der Waals surface area contributed by atoms with Crippen molar-refractivity contribution in [2.24, 2.45) is 0 Å². The highest BCUT2D eigenvalue weighted by molar-refractivity contribution is 6.04. The molecule has 1 aliphatic heterocycles. The van der Waals surface area contributed by atoms with E-state index in [9.17, 15) is 18.0 Å². The molecule has 1 saturated carbocycles. The van der Waals surface area contributed by atoms with Crippen LogP contribution in [0.2, 0.25) is 0 Å². The van der Waals surface area contributed by atoms with Gasteiger partial charge in [0.1, 0.15) is 23.7 Å². The third kappa shape index (κ3) is 3.86. The summed E-state index contributed by atoms with van der Waals surface area (Å²) in [6, 6.07) is 2.67. The second kappa shape index (κ2) is 7.33. The highest BCUT2D eigenvalue weighted by Crippen LogP contribution is 2.37. The molecule has 7 nitrogen and oxygen atoms in total. The van der Waals surface area contributed by atoms with E-state index in [1.807, 2.05) is 31.9 Å². The van der Waals surface area contributed by atoms with Crippen LogP contribution in [-0.4, -0.2) is 41.1 Å². The normalized spacial score (nSPS) is 23.3. The highest BCUT2D eigenvalue weighted by Gasteiger charge is 2.34. The van der Waals surface area contributed by atoms with E-state index in [0.717, 1.165) is 18.0 Å². The molecule has 2 N–H and O–H groups in total. The SMILES string of the molecule is Cc1nc(NC2CC(Oc3cncc(C(F)(F)F)c3)C2)cc2c1NC(=O)[C@H](C)N2C. The maximum atomic E-state index is 12.8. The summed E-state index contributed by atoms with van der Waals surface area (Å²) in [4.78, 5) is 22.1. The van der Waals surface area contributed by atoms with Gasteiger partial charge in [-0.3, -0.25) is 9.78 Å². The van der Waals surface area contributed by atoms with Crippen molar-refractivity contribution in [1.29, 1.82) is 0 Å². The van der Waals surface area contributed by atoms with E-state index in [4.69, 9.17) is 4.74 Å². The summed E-state index contributed by atoms with van der Waals surface area (Å²) in [5.41, 5.74) is 1.48. The molecule has 1 amide bonds. The first-order valence-corrected chi connectivity index (χ1v) is 9.62. The second-order valence-corrected chi connectivity index (χ2v) is 7.72. The summed E-state index contributed by atoms with van der Waals surface area (Å²) in [5, 5.41) is 6.23. The van der Waals surface area contributed by atoms with Crippen LogP contribution in [0.1, 0.15) is 31.0 Å². The van der Waals surface area contributed by atoms with Crippen molar-refractivity contribution >= 4 is 23.1 Å². The molecular weight excluding hydrogens is 399 g/mol. The van der Waals surface area contributed by atoms with Gasteiger partial charge in [0.05, 0.1) is 28.8 Å². The fourth-order valence-electron chi connectivity index (χ4n) is 3.59. The zero-order valence-electron chi connectivity index (χ0n) is 16.7. The molecule has 1 atom stereocenters. The van der Waals surface area contributed by atoms with Gasteiger partial charge < -0.3 is 20.3 Å². The molecule has 4 rings (SSSR count). The Kier molecular flexibility index (Phi) is 4.95. The topological polar surface area (TPSA) is 79.4 Å². The number of aromatic nitrogens is 2. The van der Waals surface area contributed by atoms with Crippen LogP contribution in [0, 0.1) is 6.92 Å². The van der Waals surface area contributed by atoms with Crippen LogP contribution >= 0.6 is 0 Å². The van der Waals surface area contributed by atoms with Crippen molar-refractivity contribution in [2.45, 2.75) is 51.1 Å². The molecule has 1 fully saturated rings. The van der Waals surface area contributed by atoms with Gasteiger partial charge in [-0.1, -0.05) is 0 Å². The molecule has 10 heteroatoms. The minimum Gasteiger partial charge on any atom is -0.489 e. The van der Waals surface area contributed by atoms with Crippen LogP contribution in [0.5, 0.6) is 5.75 Å². The van der Waals surface area contributed by atoms with E-state index >= 15 is 0 Å². The van der Waals surface area contributed by atoms with Gasteiger partial charge in [0.25, 0.3) is 0 Å². The lowest BCUT2D eigenvalue weighted by atomic mass is 9.89. The Labute approximate surface area is 171 Å². The number of nitrogens with zero attached hydrogens (tertiary/aromatic N) is 3. The van der Waals surface area contributed by atoms with Gasteiger partial charge in [-0.25, -0.2) is 4.98 Å². The number of alkyl halides is 3. The van der Waals surface area contributed by atoms with Crippen molar-refractivity contribution in [1.82, 2.24) is 9.97 Å². The van der Waals surface area contributed by atoms with E-state index in [-0.39, 0.29) is 29.8 Å². The maximum Gasteiger partial charge on any atom is 0.418 e. The van der Waals surface area contributed by atoms with Crippen LogP contribution in [-0.2, 0) is 11.0 Å². The van der Waals surface area contributed by atoms with E-state index in [2.05, 4.69) is 20.6 Å². The Balaban J connectivity index is 1.38. The zero-order valence-corrected chi connectivity index (χ0v) is 16.7. The summed E-state index contributed by atoms with van der Waals surface area (Å²) in [6.45, 7) is 3.67. The van der Waals surface area contributed by atoms with Crippen molar-refractivity contribution in [2.75, 3.05) is 22.6 Å². The van der Waals surface area contributed by atoms with Crippen molar-refractivity contribution in [3.63, 3.8) is 0 Å². The molecule has 2 aromatic rings. The van der Waals surface area contributed by atoms with Gasteiger partial charge >= 0.3 is 6.18 Å². The number of aryl methyl sites for hydroxylation is 1. The summed E-state index contributed by atoms with van der Waals surface area (Å²) in [5.74, 6) is 0.728. The molecule has 0 radical (unpaired) electrons. The summed E-state index contributed by atoms with van der Waals surface area (Å²) < 4.78 is 44.0. The first kappa shape index (κ1) is 20.2. The molecule has 0 unspecified atom stereocenters. The third-order valence-electron chi connectivity index (χ3n) is 5.56. The van der Waals surface area contributed by atoms with Crippen LogP contribution < -0.4 is 20.3 Å². The molecule has 0 bridgehead atoms. The molecule has 2 aromatic heterocycles. The average Bonchev–Trinajstić information content (AvgIpc) is 2.65. The van der Waals surface area contributed by atoms with Crippen molar-refractivity contribution < 1.29 is 22.7 Å². The molecule has 0 aromatic carbocycles. The molecule has 0 spiro atoms. The lowest BCUT2D eigenvalue weighted by molar-refractivity contribution is -0.138. The summed E-state index contributed by atoms with van der Waals surface area (Å²) >= 11 is 0. The average molecular weight is 421 g/mol. The van der Waals surface area contributed by atoms with Crippen molar-refractivity contribution in [3.05, 3.63) is 35.8 Å². The standard InChI is InChI=1S/C20H22F3N5O2/c1-10-18-16(28(3)11(2)19(29)27-18)7-17(25-10)26-13-5-14(6-13)30-15-4-12(8-24-9-15)20(21,22)23/h4,7-9,11,13-14H,5-6H2,1-3H3,(H,25,26)(H,27,29)/t11-,13?,14?/m0/s1. The number of likely N-dealkylation sites (N-methyl/N-ethyl adjacent to an activating group) is 1. The van der Waals surface area contributed by atoms with Gasteiger partial charge in [0.2, 0.25) is 5.91 Å². The summed E-state index contributed by atoms with van der Waals surface area (Å²) in [7, 11) is 1.86. The van der Waals surface area contributed by atoms with E-state index in [1.54, 1.807) is 0 Å². The van der Waals surface area contributed by atoms with Gasteiger partial charge in [0.15, 0.2) is 0 Å². The minimum absolute atomic E-state index is 0.0707. The largest absolute Gasteiger partial charge is 0.489 e. The van der Waals surface area contributed by atoms with E-state index in [1.165, 1.54) is 6.20 Å². The van der Waals surface area contributed by atoms with Gasteiger partial charge in [-0.05, 0) is 19.9 Å². The van der Waals surface area contributed by atoms with Gasteiger partial charge in [-0.2, -0.15) is 13.2 Å². The number of carbonyl (C=O) groups is 1. The van der Waals surface area contributed by atoms with Crippen LogP contribution in [0.25, 0.3) is 0 Å². The first-order chi connectivity index (χ1) is 14.1. The number of anilines is 3. The maximum absolute atomic E-state index is 12.8. The molecule has 1 aliphatic carbocycles. The predicted octanol–water partition coefficient (Wildman–Crippen LogP) is 3.60. The Morgan fingerprint density at radius 2 is 2.00 bits per heavy atom. The number of hydrogen-bond donors (Lipinski definition) is 2. The molecular formula is C20H22F3N5O2. The number of hydrogen-bond acceptors (Lipinski definition) is 6. The zero-order chi connectivity index (χ0) is 21.6. The Bertz CT molecular complexity index is 975. The Morgan fingerprint density at radius 1 is 1.27 bits per heavy atom. The fraction of sp³-hybridized carbons (Fsp3) is 0.450. The lowest BCUT2D eigenvalue weighted by Crippen LogP contribution is -2.45. The first-order valence-electron chi connectivity index (χ1n) is 9.62. The quantitative estimate of drug-likeness (QED) is 0.785. The lowest BCUT2D eigenvalue weighted by Gasteiger charge is -2.37. The predicted molar refractivity (Wildman–Crippen MR) is 106 cm³/mol. The molecule has 0 saturated heterocycles. The molecule has 2 aliphatic rings. The highest BCUT2D eigenvalue weighted by atomic mass is 19.4. The molecule has 30 heavy (non-hydrogen) atoms. The molecule has 160 valence electrons. The number of rotatable bonds is 4. The number of pyridine rings is 2. The number of ether oxygens (including phenoxy) is 1. The number of halogens is 3. The van der Waals surface area contributed by atoms with Gasteiger partial charge in [0, 0.05) is 38.2 Å².